The van der Waals surface area contributed by atoms with Gasteiger partial charge in [0.25, 0.3) is 10.0 Å². The fourth-order valence-corrected chi connectivity index (χ4v) is 5.69. The maximum Gasteiger partial charge on any atom is 0.252 e. The quantitative estimate of drug-likeness (QED) is 0.835. The van der Waals surface area contributed by atoms with Gasteiger partial charge in [-0.3, -0.25) is 0 Å². The van der Waals surface area contributed by atoms with Crippen LogP contribution in [0.3, 0.4) is 0 Å². The highest BCUT2D eigenvalue weighted by molar-refractivity contribution is 7.91. The van der Waals surface area contributed by atoms with E-state index in [2.05, 4.69) is 34.1 Å². The number of hydrogen-bond acceptors (Lipinski definition) is 5. The predicted molar refractivity (Wildman–Crippen MR) is 101 cm³/mol. The first-order valence-corrected chi connectivity index (χ1v) is 10.2. The maximum atomic E-state index is 12.7. The van der Waals surface area contributed by atoms with E-state index in [9.17, 15) is 8.42 Å². The van der Waals surface area contributed by atoms with E-state index in [-0.39, 0.29) is 0 Å². The van der Waals surface area contributed by atoms with Crippen LogP contribution in [0, 0.1) is 6.92 Å². The molecule has 0 bridgehead atoms. The van der Waals surface area contributed by atoms with Gasteiger partial charge >= 0.3 is 0 Å². The Morgan fingerprint density at radius 1 is 0.958 bits per heavy atom. The number of nitrogens with zero attached hydrogens (tertiary/aromatic N) is 3. The molecule has 5 nitrogen and oxygen atoms in total. The first-order chi connectivity index (χ1) is 11.4. The minimum Gasteiger partial charge on any atom is -0.378 e. The van der Waals surface area contributed by atoms with Gasteiger partial charge in [-0.25, -0.2) is 8.42 Å². The van der Waals surface area contributed by atoms with E-state index in [1.165, 1.54) is 11.3 Å². The van der Waals surface area contributed by atoms with E-state index in [0.29, 0.717) is 30.4 Å². The van der Waals surface area contributed by atoms with Crippen LogP contribution >= 0.6 is 11.3 Å². The van der Waals surface area contributed by atoms with E-state index in [0.717, 1.165) is 16.3 Å². The predicted octanol–water partition coefficient (Wildman–Crippen LogP) is 2.63. The van der Waals surface area contributed by atoms with Crippen LogP contribution in [-0.2, 0) is 10.0 Å². The number of rotatable bonds is 4. The molecule has 0 N–H and O–H groups in total. The van der Waals surface area contributed by atoms with Gasteiger partial charge in [0.05, 0.1) is 0 Å². The summed E-state index contributed by atoms with van der Waals surface area (Å²) in [6, 6.07) is 12.0. The third-order valence-corrected chi connectivity index (χ3v) is 7.65. The summed E-state index contributed by atoms with van der Waals surface area (Å²) in [5.41, 5.74) is 2.30. The molecule has 24 heavy (non-hydrogen) atoms. The Balaban J connectivity index is 1.67. The zero-order valence-corrected chi connectivity index (χ0v) is 15.9. The molecule has 1 aliphatic heterocycles. The number of thiophene rings is 1. The van der Waals surface area contributed by atoms with E-state index >= 15 is 0 Å². The minimum absolute atomic E-state index is 0.448. The van der Waals surface area contributed by atoms with Crippen LogP contribution < -0.4 is 9.80 Å². The molecule has 0 radical (unpaired) electrons. The van der Waals surface area contributed by atoms with Gasteiger partial charge in [0.1, 0.15) is 4.21 Å². The van der Waals surface area contributed by atoms with Crippen molar-refractivity contribution in [3.05, 3.63) is 41.3 Å². The first kappa shape index (κ1) is 17.3. The van der Waals surface area contributed by atoms with E-state index in [1.54, 1.807) is 10.4 Å². The minimum atomic E-state index is -3.35. The van der Waals surface area contributed by atoms with Crippen molar-refractivity contribution in [2.45, 2.75) is 11.1 Å². The van der Waals surface area contributed by atoms with Crippen molar-refractivity contribution in [3.8, 4) is 0 Å². The molecule has 2 aromatic rings. The summed E-state index contributed by atoms with van der Waals surface area (Å²) in [7, 11) is 0.691. The molecule has 130 valence electrons. The van der Waals surface area contributed by atoms with Crippen molar-refractivity contribution < 1.29 is 8.42 Å². The van der Waals surface area contributed by atoms with Gasteiger partial charge in [-0.05, 0) is 43.3 Å². The van der Waals surface area contributed by atoms with Crippen molar-refractivity contribution in [3.63, 3.8) is 0 Å². The molecule has 0 amide bonds. The average molecular weight is 366 g/mol. The SMILES string of the molecule is Cc1ccc(S(=O)(=O)N2CCN(c3ccc(N(C)C)cc3)CC2)s1. The number of hydrogen-bond donors (Lipinski definition) is 0. The van der Waals surface area contributed by atoms with E-state index in [1.807, 2.05) is 27.1 Å². The Hall–Kier alpha value is -1.57. The molecule has 3 rings (SSSR count). The van der Waals surface area contributed by atoms with Gasteiger partial charge in [0.2, 0.25) is 0 Å². The highest BCUT2D eigenvalue weighted by Crippen LogP contribution is 2.26. The summed E-state index contributed by atoms with van der Waals surface area (Å²) >= 11 is 1.34. The molecular formula is C17H23N3O2S2. The molecule has 0 atom stereocenters. The number of sulfonamides is 1. The largest absolute Gasteiger partial charge is 0.378 e. The first-order valence-electron chi connectivity index (χ1n) is 7.97. The monoisotopic (exact) mass is 365 g/mol. The van der Waals surface area contributed by atoms with Crippen molar-refractivity contribution in [1.82, 2.24) is 4.31 Å². The molecule has 1 aromatic carbocycles. The highest BCUT2D eigenvalue weighted by atomic mass is 32.2. The smallest absolute Gasteiger partial charge is 0.252 e. The van der Waals surface area contributed by atoms with Gasteiger partial charge in [0, 0.05) is 56.5 Å². The molecule has 0 aliphatic carbocycles. The second-order valence-electron chi connectivity index (χ2n) is 6.17. The molecule has 0 saturated carbocycles. The Morgan fingerprint density at radius 3 is 2.08 bits per heavy atom. The highest BCUT2D eigenvalue weighted by Gasteiger charge is 2.29. The second kappa shape index (κ2) is 6.74. The van der Waals surface area contributed by atoms with Crippen LogP contribution in [0.25, 0.3) is 0 Å². The third-order valence-electron chi connectivity index (χ3n) is 4.28. The van der Waals surface area contributed by atoms with Crippen molar-refractivity contribution in [1.29, 1.82) is 0 Å². The maximum absolute atomic E-state index is 12.7. The lowest BCUT2D eigenvalue weighted by Gasteiger charge is -2.35. The summed E-state index contributed by atoms with van der Waals surface area (Å²) < 4.78 is 27.4. The standard InChI is InChI=1S/C17H23N3O2S2/c1-14-4-9-17(23-14)24(21,22)20-12-10-19(11-13-20)16-7-5-15(6-8-16)18(2)3/h4-9H,10-13H2,1-3H3. The van der Waals surface area contributed by atoms with E-state index < -0.39 is 10.0 Å². The zero-order chi connectivity index (χ0) is 17.3. The van der Waals surface area contributed by atoms with Crippen molar-refractivity contribution in [2.24, 2.45) is 0 Å². The van der Waals surface area contributed by atoms with Gasteiger partial charge in [-0.1, -0.05) is 0 Å². The molecule has 1 fully saturated rings. The lowest BCUT2D eigenvalue weighted by atomic mass is 10.2. The Morgan fingerprint density at radius 2 is 1.58 bits per heavy atom. The molecule has 1 aliphatic rings. The van der Waals surface area contributed by atoms with Crippen LogP contribution in [0.5, 0.6) is 0 Å². The molecule has 1 aromatic heterocycles. The molecule has 1 saturated heterocycles. The Bertz CT molecular complexity index is 789. The lowest BCUT2D eigenvalue weighted by molar-refractivity contribution is 0.386. The number of anilines is 2. The van der Waals surface area contributed by atoms with Crippen LogP contribution in [0.2, 0.25) is 0 Å². The number of aryl methyl sites for hydroxylation is 1. The molecule has 0 spiro atoms. The summed E-state index contributed by atoms with van der Waals surface area (Å²) in [4.78, 5) is 5.33. The average Bonchev–Trinajstić information content (AvgIpc) is 3.02. The van der Waals surface area contributed by atoms with Gasteiger partial charge < -0.3 is 9.80 Å². The van der Waals surface area contributed by atoms with E-state index in [4.69, 9.17) is 0 Å². The van der Waals surface area contributed by atoms with Gasteiger partial charge in [-0.2, -0.15) is 4.31 Å². The van der Waals surface area contributed by atoms with Gasteiger partial charge in [0.15, 0.2) is 0 Å². The number of piperazine rings is 1. The van der Waals surface area contributed by atoms with Crippen LogP contribution in [0.1, 0.15) is 4.88 Å². The lowest BCUT2D eigenvalue weighted by Crippen LogP contribution is -2.48. The van der Waals surface area contributed by atoms with Crippen LogP contribution in [0.15, 0.2) is 40.6 Å². The fourth-order valence-electron chi connectivity index (χ4n) is 2.83. The molecule has 7 heteroatoms. The zero-order valence-electron chi connectivity index (χ0n) is 14.3. The summed E-state index contributed by atoms with van der Waals surface area (Å²) in [5.74, 6) is 0. The topological polar surface area (TPSA) is 43.9 Å². The Kier molecular flexibility index (Phi) is 4.85. The van der Waals surface area contributed by atoms with Crippen molar-refractivity contribution >= 4 is 32.7 Å². The Labute approximate surface area is 148 Å². The fraction of sp³-hybridized carbons (Fsp3) is 0.412. The normalized spacial score (nSPS) is 16.4. The third kappa shape index (κ3) is 3.43. The second-order valence-corrected chi connectivity index (χ2v) is 9.62. The van der Waals surface area contributed by atoms with Gasteiger partial charge in [-0.15, -0.1) is 11.3 Å². The van der Waals surface area contributed by atoms with Crippen molar-refractivity contribution in [2.75, 3.05) is 50.1 Å². The van der Waals surface area contributed by atoms with Crippen LogP contribution in [0.4, 0.5) is 11.4 Å². The summed E-state index contributed by atoms with van der Waals surface area (Å²) in [5, 5.41) is 0. The number of benzene rings is 1. The van der Waals surface area contributed by atoms with Crippen LogP contribution in [-0.4, -0.2) is 53.0 Å². The molecular weight excluding hydrogens is 342 g/mol. The molecule has 2 heterocycles. The summed E-state index contributed by atoms with van der Waals surface area (Å²) in [6.45, 7) is 4.40. The molecule has 0 unspecified atom stereocenters. The summed E-state index contributed by atoms with van der Waals surface area (Å²) in [6.07, 6.45) is 0.